The van der Waals surface area contributed by atoms with Gasteiger partial charge in [0.15, 0.2) is 11.5 Å². The van der Waals surface area contributed by atoms with Gasteiger partial charge in [0.05, 0.1) is 19.8 Å². The van der Waals surface area contributed by atoms with Gasteiger partial charge in [-0.25, -0.2) is 4.39 Å². The first kappa shape index (κ1) is 18.3. The highest BCUT2D eigenvalue weighted by Gasteiger charge is 2.19. The van der Waals surface area contributed by atoms with Crippen molar-refractivity contribution in [2.24, 2.45) is 0 Å². The minimum absolute atomic E-state index is 0.0560. The van der Waals surface area contributed by atoms with Crippen LogP contribution in [0.5, 0.6) is 11.5 Å². The van der Waals surface area contributed by atoms with Gasteiger partial charge in [-0.15, -0.1) is 0 Å². The third kappa shape index (κ3) is 4.06. The van der Waals surface area contributed by atoms with Crippen LogP contribution in [-0.2, 0) is 6.54 Å². The highest BCUT2D eigenvalue weighted by Crippen LogP contribution is 2.28. The molecule has 0 saturated carbocycles. The van der Waals surface area contributed by atoms with E-state index in [1.54, 1.807) is 31.3 Å². The van der Waals surface area contributed by atoms with E-state index in [1.807, 2.05) is 19.1 Å². The van der Waals surface area contributed by atoms with Crippen molar-refractivity contribution in [3.63, 3.8) is 0 Å². The topological polar surface area (TPSA) is 38.8 Å². The van der Waals surface area contributed by atoms with Crippen LogP contribution in [0.4, 0.5) is 4.39 Å². The molecule has 2 rings (SSSR count). The smallest absolute Gasteiger partial charge is 0.257 e. The number of rotatable bonds is 6. The number of halogens is 2. The predicted octanol–water partition coefficient (Wildman–Crippen LogP) is 4.27. The summed E-state index contributed by atoms with van der Waals surface area (Å²) in [5, 5.41) is 0. The van der Waals surface area contributed by atoms with Crippen LogP contribution in [0, 0.1) is 5.82 Å². The van der Waals surface area contributed by atoms with Gasteiger partial charge in [-0.1, -0.05) is 22.0 Å². The summed E-state index contributed by atoms with van der Waals surface area (Å²) in [6, 6.07) is 9.88. The maximum absolute atomic E-state index is 14.0. The van der Waals surface area contributed by atoms with Gasteiger partial charge in [0, 0.05) is 17.6 Å². The summed E-state index contributed by atoms with van der Waals surface area (Å²) in [7, 11) is 3.12. The van der Waals surface area contributed by atoms with E-state index in [1.165, 1.54) is 12.1 Å². The van der Waals surface area contributed by atoms with Crippen LogP contribution in [0.25, 0.3) is 0 Å². The Hall–Kier alpha value is -2.08. The van der Waals surface area contributed by atoms with E-state index in [4.69, 9.17) is 9.47 Å². The van der Waals surface area contributed by atoms with Gasteiger partial charge >= 0.3 is 0 Å². The quantitative estimate of drug-likeness (QED) is 0.732. The third-order valence-electron chi connectivity index (χ3n) is 3.65. The summed E-state index contributed by atoms with van der Waals surface area (Å²) < 4.78 is 25.1. The van der Waals surface area contributed by atoms with E-state index in [2.05, 4.69) is 15.9 Å². The predicted molar refractivity (Wildman–Crippen MR) is 94.1 cm³/mol. The summed E-state index contributed by atoms with van der Waals surface area (Å²) in [6.45, 7) is 2.67. The van der Waals surface area contributed by atoms with E-state index in [0.29, 0.717) is 29.1 Å². The van der Waals surface area contributed by atoms with Crippen molar-refractivity contribution in [1.29, 1.82) is 0 Å². The largest absolute Gasteiger partial charge is 0.493 e. The van der Waals surface area contributed by atoms with E-state index in [-0.39, 0.29) is 11.5 Å². The van der Waals surface area contributed by atoms with Crippen LogP contribution in [0.2, 0.25) is 0 Å². The van der Waals surface area contributed by atoms with E-state index < -0.39 is 5.82 Å². The number of ether oxygens (including phenoxy) is 2. The Bertz CT molecular complexity index is 736. The second kappa shape index (κ2) is 8.15. The lowest BCUT2D eigenvalue weighted by Crippen LogP contribution is -2.31. The average molecular weight is 396 g/mol. The van der Waals surface area contributed by atoms with Gasteiger partial charge in [-0.05, 0) is 42.8 Å². The number of benzene rings is 2. The van der Waals surface area contributed by atoms with Gasteiger partial charge in [-0.2, -0.15) is 0 Å². The minimum atomic E-state index is -0.542. The van der Waals surface area contributed by atoms with Crippen molar-refractivity contribution in [3.8, 4) is 11.5 Å². The lowest BCUT2D eigenvalue weighted by atomic mass is 10.1. The number of methoxy groups -OCH3 is 2. The fourth-order valence-corrected chi connectivity index (χ4v) is 2.69. The second-order valence-corrected chi connectivity index (χ2v) is 6.05. The average Bonchev–Trinajstić information content (AvgIpc) is 2.58. The van der Waals surface area contributed by atoms with Crippen molar-refractivity contribution in [1.82, 2.24) is 4.90 Å². The zero-order valence-corrected chi connectivity index (χ0v) is 15.4. The van der Waals surface area contributed by atoms with E-state index >= 15 is 0 Å². The molecule has 0 atom stereocenters. The molecule has 2 aromatic rings. The Balaban J connectivity index is 2.24. The number of carbonyl (C=O) groups is 1. The van der Waals surface area contributed by atoms with Crippen LogP contribution in [0.1, 0.15) is 22.8 Å². The van der Waals surface area contributed by atoms with Crippen molar-refractivity contribution in [3.05, 3.63) is 57.8 Å². The van der Waals surface area contributed by atoms with Crippen molar-refractivity contribution in [2.75, 3.05) is 20.8 Å². The first-order valence-electron chi connectivity index (χ1n) is 7.45. The van der Waals surface area contributed by atoms with Crippen LogP contribution >= 0.6 is 15.9 Å². The number of hydrogen-bond acceptors (Lipinski definition) is 3. The first-order chi connectivity index (χ1) is 11.5. The molecule has 4 nitrogen and oxygen atoms in total. The Kier molecular flexibility index (Phi) is 6.20. The molecule has 128 valence electrons. The molecule has 6 heteroatoms. The molecular formula is C18H19BrFNO3. The Morgan fingerprint density at radius 2 is 1.83 bits per heavy atom. The number of carbonyl (C=O) groups excluding carboxylic acids is 1. The molecule has 0 fully saturated rings. The molecule has 0 bridgehead atoms. The Labute approximate surface area is 149 Å². The van der Waals surface area contributed by atoms with E-state index in [0.717, 1.165) is 5.56 Å². The normalized spacial score (nSPS) is 10.4. The second-order valence-electron chi connectivity index (χ2n) is 5.13. The number of amides is 1. The van der Waals surface area contributed by atoms with Gasteiger partial charge in [0.25, 0.3) is 5.91 Å². The molecule has 0 aliphatic heterocycles. The number of hydrogen-bond donors (Lipinski definition) is 0. The Morgan fingerprint density at radius 1 is 1.12 bits per heavy atom. The minimum Gasteiger partial charge on any atom is -0.493 e. The summed E-state index contributed by atoms with van der Waals surface area (Å²) in [5.41, 5.74) is 0.931. The zero-order valence-electron chi connectivity index (χ0n) is 13.8. The fraction of sp³-hybridized carbons (Fsp3) is 0.278. The van der Waals surface area contributed by atoms with Crippen molar-refractivity contribution < 1.29 is 18.7 Å². The van der Waals surface area contributed by atoms with Crippen LogP contribution < -0.4 is 9.47 Å². The fourth-order valence-electron chi connectivity index (χ4n) is 2.36. The molecule has 0 spiro atoms. The van der Waals surface area contributed by atoms with Gasteiger partial charge < -0.3 is 14.4 Å². The summed E-state index contributed by atoms with van der Waals surface area (Å²) in [5.74, 6) is 0.320. The molecule has 0 unspecified atom stereocenters. The number of nitrogens with zero attached hydrogens (tertiary/aromatic N) is 1. The molecular weight excluding hydrogens is 377 g/mol. The van der Waals surface area contributed by atoms with Crippen LogP contribution in [0.15, 0.2) is 40.9 Å². The standard InChI is InChI=1S/C18H19BrFNO3/c1-4-21(18(22)14-7-6-13(19)10-15(14)20)11-12-5-8-16(23-2)17(9-12)24-3/h5-10H,4,11H2,1-3H3. The molecule has 2 aromatic carbocycles. The summed E-state index contributed by atoms with van der Waals surface area (Å²) in [4.78, 5) is 14.2. The molecule has 0 heterocycles. The molecule has 0 aliphatic rings. The Morgan fingerprint density at radius 3 is 2.42 bits per heavy atom. The first-order valence-corrected chi connectivity index (χ1v) is 8.24. The van der Waals surface area contributed by atoms with Crippen LogP contribution in [0.3, 0.4) is 0 Å². The summed E-state index contributed by atoms with van der Waals surface area (Å²) in [6.07, 6.45) is 0. The lowest BCUT2D eigenvalue weighted by molar-refractivity contribution is 0.0747. The summed E-state index contributed by atoms with van der Waals surface area (Å²) >= 11 is 3.19. The van der Waals surface area contributed by atoms with Crippen molar-refractivity contribution in [2.45, 2.75) is 13.5 Å². The SMILES string of the molecule is CCN(Cc1ccc(OC)c(OC)c1)C(=O)c1ccc(Br)cc1F. The van der Waals surface area contributed by atoms with Gasteiger partial charge in [0.2, 0.25) is 0 Å². The zero-order chi connectivity index (χ0) is 17.7. The molecule has 0 saturated heterocycles. The third-order valence-corrected chi connectivity index (χ3v) is 4.15. The maximum Gasteiger partial charge on any atom is 0.257 e. The molecule has 0 aromatic heterocycles. The molecule has 0 radical (unpaired) electrons. The van der Waals surface area contributed by atoms with Gasteiger partial charge in [0.1, 0.15) is 5.82 Å². The maximum atomic E-state index is 14.0. The van der Waals surface area contributed by atoms with Gasteiger partial charge in [-0.3, -0.25) is 4.79 Å². The molecule has 24 heavy (non-hydrogen) atoms. The lowest BCUT2D eigenvalue weighted by Gasteiger charge is -2.22. The molecule has 1 amide bonds. The monoisotopic (exact) mass is 395 g/mol. The van der Waals surface area contributed by atoms with Crippen molar-refractivity contribution >= 4 is 21.8 Å². The molecule has 0 aliphatic carbocycles. The van der Waals surface area contributed by atoms with Crippen LogP contribution in [-0.4, -0.2) is 31.6 Å². The highest BCUT2D eigenvalue weighted by atomic mass is 79.9. The van der Waals surface area contributed by atoms with E-state index in [9.17, 15) is 9.18 Å². The molecule has 0 N–H and O–H groups in total. The highest BCUT2D eigenvalue weighted by molar-refractivity contribution is 9.10.